The lowest BCUT2D eigenvalue weighted by atomic mass is 10.2. The lowest BCUT2D eigenvalue weighted by molar-refractivity contribution is -0.112. The summed E-state index contributed by atoms with van der Waals surface area (Å²) in [7, 11) is -4.17. The summed E-state index contributed by atoms with van der Waals surface area (Å²) in [4.78, 5) is 0.0426. The van der Waals surface area contributed by atoms with Crippen LogP contribution in [0.5, 0.6) is 0 Å². The van der Waals surface area contributed by atoms with Crippen LogP contribution in [0.2, 0.25) is 0 Å². The topological polar surface area (TPSA) is 98.8 Å². The fourth-order valence-electron chi connectivity index (χ4n) is 5.35. The Morgan fingerprint density at radius 2 is 0.722 bits per heavy atom. The van der Waals surface area contributed by atoms with Crippen LogP contribution in [0.25, 0.3) is 0 Å². The lowest BCUT2D eigenvalue weighted by Crippen LogP contribution is -2.36. The van der Waals surface area contributed by atoms with E-state index in [0.29, 0.717) is 26.4 Å². The first-order valence-electron chi connectivity index (χ1n) is 18.1. The predicted octanol–water partition coefficient (Wildman–Crippen LogP) is 7.71. The average Bonchev–Trinajstić information content (AvgIpc) is 3.20. The van der Waals surface area contributed by atoms with Gasteiger partial charge in [0.25, 0.3) is 10.1 Å². The maximum atomic E-state index is 13.5. The van der Waals surface area contributed by atoms with Gasteiger partial charge in [-0.25, -0.2) is 0 Å². The molecule has 5 aromatic carbocycles. The number of hydrogen-bond donors (Lipinski definition) is 0. The minimum atomic E-state index is -4.17. The van der Waals surface area contributed by atoms with Gasteiger partial charge in [-0.2, -0.15) is 8.42 Å². The number of ether oxygens (including phenoxy) is 6. The standard InChI is InChI=1S/C44H50O9S/c1-36-22-24-44(25-23-36)54(45,46)53-43(34-51-41(30-47-26-37-14-6-2-7-15-37)31-48-27-38-16-8-3-9-17-38)35-52-42(32-49-28-39-18-10-4-11-19-39)33-50-29-40-20-12-5-13-21-40/h2-25,41-43H,26-35H2,1H3. The van der Waals surface area contributed by atoms with Gasteiger partial charge in [0, 0.05) is 0 Å². The Kier molecular flexibility index (Phi) is 17.3. The van der Waals surface area contributed by atoms with Crippen LogP contribution < -0.4 is 0 Å². The highest BCUT2D eigenvalue weighted by Crippen LogP contribution is 2.17. The first-order valence-corrected chi connectivity index (χ1v) is 19.5. The van der Waals surface area contributed by atoms with Crippen LogP contribution >= 0.6 is 0 Å². The number of hydrogen-bond acceptors (Lipinski definition) is 9. The molecule has 5 rings (SSSR count). The third-order valence-electron chi connectivity index (χ3n) is 8.27. The summed E-state index contributed by atoms with van der Waals surface area (Å²) in [5.41, 5.74) is 5.02. The summed E-state index contributed by atoms with van der Waals surface area (Å²) in [5, 5.41) is 0. The molecule has 0 aliphatic heterocycles. The first-order chi connectivity index (χ1) is 26.4. The molecule has 0 radical (unpaired) electrons. The molecule has 0 aliphatic rings. The Hall–Kier alpha value is -4.23. The largest absolute Gasteiger partial charge is 0.374 e. The molecular formula is C44H50O9S. The molecule has 0 aliphatic carbocycles. The summed E-state index contributed by atoms with van der Waals surface area (Å²) in [5.74, 6) is 0. The van der Waals surface area contributed by atoms with Crippen molar-refractivity contribution in [3.63, 3.8) is 0 Å². The van der Waals surface area contributed by atoms with Crippen molar-refractivity contribution in [2.45, 2.75) is 56.6 Å². The third kappa shape index (κ3) is 15.3. The van der Waals surface area contributed by atoms with Crippen LogP contribution in [0.15, 0.2) is 150 Å². The number of benzene rings is 5. The van der Waals surface area contributed by atoms with E-state index in [9.17, 15) is 8.42 Å². The van der Waals surface area contributed by atoms with E-state index in [1.165, 1.54) is 12.1 Å². The van der Waals surface area contributed by atoms with Crippen LogP contribution in [-0.2, 0) is 69.1 Å². The van der Waals surface area contributed by atoms with Gasteiger partial charge in [0.1, 0.15) is 18.3 Å². The molecule has 286 valence electrons. The van der Waals surface area contributed by atoms with Crippen molar-refractivity contribution < 1.29 is 41.0 Å². The zero-order chi connectivity index (χ0) is 37.7. The zero-order valence-electron chi connectivity index (χ0n) is 30.7. The van der Waals surface area contributed by atoms with Gasteiger partial charge < -0.3 is 28.4 Å². The van der Waals surface area contributed by atoms with Crippen LogP contribution in [0.1, 0.15) is 27.8 Å². The SMILES string of the molecule is Cc1ccc(S(=O)(=O)OC(COC(COCc2ccccc2)COCc2ccccc2)COC(COCc2ccccc2)COCc2ccccc2)cc1. The Balaban J connectivity index is 1.26. The molecule has 54 heavy (non-hydrogen) atoms. The van der Waals surface area contributed by atoms with E-state index in [1.807, 2.05) is 128 Å². The van der Waals surface area contributed by atoms with Crippen LogP contribution in [0.3, 0.4) is 0 Å². The highest BCUT2D eigenvalue weighted by Gasteiger charge is 2.26. The second-order valence-corrected chi connectivity index (χ2v) is 14.5. The molecule has 10 heteroatoms. The van der Waals surface area contributed by atoms with Crippen molar-refractivity contribution in [1.29, 1.82) is 0 Å². The predicted molar refractivity (Wildman–Crippen MR) is 207 cm³/mol. The molecule has 0 bridgehead atoms. The minimum absolute atomic E-state index is 0.0426. The normalized spacial score (nSPS) is 11.9. The molecule has 0 atom stereocenters. The smallest absolute Gasteiger partial charge is 0.297 e. The quantitative estimate of drug-likeness (QED) is 0.0556. The molecule has 9 nitrogen and oxygen atoms in total. The van der Waals surface area contributed by atoms with Gasteiger partial charge in [-0.15, -0.1) is 0 Å². The lowest BCUT2D eigenvalue weighted by Gasteiger charge is -2.25. The summed E-state index contributed by atoms with van der Waals surface area (Å²) in [6.45, 7) is 4.07. The van der Waals surface area contributed by atoms with Gasteiger partial charge in [-0.1, -0.05) is 139 Å². The molecule has 0 unspecified atom stereocenters. The Morgan fingerprint density at radius 3 is 1.04 bits per heavy atom. The van der Waals surface area contributed by atoms with Crippen LogP contribution in [-0.4, -0.2) is 66.4 Å². The van der Waals surface area contributed by atoms with Gasteiger partial charge in [0.05, 0.1) is 71.0 Å². The van der Waals surface area contributed by atoms with Crippen molar-refractivity contribution in [3.8, 4) is 0 Å². The van der Waals surface area contributed by atoms with E-state index in [2.05, 4.69) is 0 Å². The van der Waals surface area contributed by atoms with Crippen LogP contribution in [0.4, 0.5) is 0 Å². The Bertz CT molecular complexity index is 1640. The zero-order valence-corrected chi connectivity index (χ0v) is 31.6. The number of rotatable bonds is 25. The van der Waals surface area contributed by atoms with Crippen molar-refractivity contribution in [1.82, 2.24) is 0 Å². The Morgan fingerprint density at radius 1 is 0.407 bits per heavy atom. The van der Waals surface area contributed by atoms with Gasteiger partial charge >= 0.3 is 0 Å². The van der Waals surface area contributed by atoms with Gasteiger partial charge in [-0.05, 0) is 41.3 Å². The first kappa shape index (κ1) is 40.9. The molecule has 0 saturated carbocycles. The highest BCUT2D eigenvalue weighted by atomic mass is 32.2. The third-order valence-corrected chi connectivity index (χ3v) is 9.64. The second-order valence-electron chi connectivity index (χ2n) is 12.9. The van der Waals surface area contributed by atoms with Crippen LogP contribution in [0, 0.1) is 6.92 Å². The second kappa shape index (κ2) is 22.9. The van der Waals surface area contributed by atoms with Crippen molar-refractivity contribution in [2.24, 2.45) is 0 Å². The summed E-state index contributed by atoms with van der Waals surface area (Å²) >= 11 is 0. The number of aryl methyl sites for hydroxylation is 1. The van der Waals surface area contributed by atoms with E-state index >= 15 is 0 Å². The molecule has 0 heterocycles. The highest BCUT2D eigenvalue weighted by molar-refractivity contribution is 7.86. The minimum Gasteiger partial charge on any atom is -0.374 e. The summed E-state index contributed by atoms with van der Waals surface area (Å²) in [6.07, 6.45) is -2.05. The maximum Gasteiger partial charge on any atom is 0.297 e. The van der Waals surface area contributed by atoms with E-state index in [1.54, 1.807) is 12.1 Å². The molecule has 0 amide bonds. The van der Waals surface area contributed by atoms with E-state index in [4.69, 9.17) is 32.6 Å². The molecule has 0 saturated heterocycles. The Labute approximate surface area is 319 Å². The summed E-state index contributed by atoms with van der Waals surface area (Å²) in [6, 6.07) is 45.9. The van der Waals surface area contributed by atoms with E-state index in [-0.39, 0.29) is 44.5 Å². The fraction of sp³-hybridized carbons (Fsp3) is 0.318. The monoisotopic (exact) mass is 754 g/mol. The molecule has 5 aromatic rings. The van der Waals surface area contributed by atoms with Crippen molar-refractivity contribution in [3.05, 3.63) is 173 Å². The van der Waals surface area contributed by atoms with E-state index in [0.717, 1.165) is 27.8 Å². The van der Waals surface area contributed by atoms with Gasteiger partial charge in [0.2, 0.25) is 0 Å². The van der Waals surface area contributed by atoms with Gasteiger partial charge in [-0.3, -0.25) is 4.18 Å². The molecule has 0 N–H and O–H groups in total. The van der Waals surface area contributed by atoms with E-state index < -0.39 is 28.4 Å². The van der Waals surface area contributed by atoms with Crippen molar-refractivity contribution >= 4 is 10.1 Å². The molecule has 0 aromatic heterocycles. The fourth-order valence-corrected chi connectivity index (χ4v) is 6.40. The molecular weight excluding hydrogens is 705 g/mol. The molecule has 0 fully saturated rings. The maximum absolute atomic E-state index is 13.5. The van der Waals surface area contributed by atoms with Gasteiger partial charge in [0.15, 0.2) is 0 Å². The molecule has 0 spiro atoms. The summed E-state index contributed by atoms with van der Waals surface area (Å²) < 4.78 is 69.6. The average molecular weight is 755 g/mol. The van der Waals surface area contributed by atoms with Crippen molar-refractivity contribution in [2.75, 3.05) is 39.6 Å².